The van der Waals surface area contributed by atoms with Crippen molar-refractivity contribution in [3.05, 3.63) is 215 Å². The fourth-order valence-electron chi connectivity index (χ4n) is 12.1. The van der Waals surface area contributed by atoms with Crippen LogP contribution in [-0.4, -0.2) is 19.9 Å². The highest BCUT2D eigenvalue weighted by atomic mass is 16.6. The zero-order chi connectivity index (χ0) is 53.7. The summed E-state index contributed by atoms with van der Waals surface area (Å²) >= 11 is 0. The summed E-state index contributed by atoms with van der Waals surface area (Å²) in [7, 11) is 0. The van der Waals surface area contributed by atoms with Crippen LogP contribution in [0.1, 0.15) is 95.7 Å². The Labute approximate surface area is 457 Å². The topological polar surface area (TPSA) is 28.2 Å². The molecule has 9 aromatic carbocycles. The molecule has 3 heterocycles. The summed E-state index contributed by atoms with van der Waals surface area (Å²) in [5.74, 6) is 1.57. The van der Waals surface area contributed by atoms with E-state index >= 15 is 0 Å². The van der Waals surface area contributed by atoms with E-state index in [0.717, 1.165) is 62.4 Å². The van der Waals surface area contributed by atoms with Gasteiger partial charge in [-0.05, 0) is 182 Å². The molecule has 0 amide bonds. The standard InChI is InChI=1S/C71H70BN3O2/c1-45-35-63-67-64(36-45)75(68-46(2)37-54(38-47(68)3)71(10,11)12)62-44-66-65(76-33-34-77-66)43-60(62)72(67)59-32-31-57(73(55-19-15-13-16-20-55)56-21-17-14-18-22-56)42-61(59)74(63)58-40-50(48-23-27-52(28-24-48)69(4,5)6)39-51(41-58)49-25-29-53(30-26-49)70(7,8)9/h13-32,35-44H,33-34H2,1-12H3. The van der Waals surface area contributed by atoms with Crippen LogP contribution in [-0.2, 0) is 16.2 Å². The molecule has 0 fully saturated rings. The van der Waals surface area contributed by atoms with Crippen molar-refractivity contribution in [3.63, 3.8) is 0 Å². The number of nitrogens with zero attached hydrogens (tertiary/aromatic N) is 3. The molecule has 0 N–H and O–H groups in total. The third-order valence-electron chi connectivity index (χ3n) is 16.1. The molecule has 0 radical (unpaired) electrons. The zero-order valence-electron chi connectivity index (χ0n) is 47.0. The molecule has 3 aliphatic rings. The summed E-state index contributed by atoms with van der Waals surface area (Å²) in [6.45, 7) is 28.3. The molecule has 3 aliphatic heterocycles. The van der Waals surface area contributed by atoms with Gasteiger partial charge in [0, 0.05) is 51.6 Å². The lowest BCUT2D eigenvalue weighted by atomic mass is 9.33. The fraction of sp³-hybridized carbons (Fsp3) is 0.239. The molecule has 9 aromatic rings. The Morgan fingerprint density at radius 3 is 1.39 bits per heavy atom. The van der Waals surface area contributed by atoms with Gasteiger partial charge in [-0.3, -0.25) is 0 Å². The van der Waals surface area contributed by atoms with Crippen LogP contribution in [0.5, 0.6) is 11.5 Å². The summed E-state index contributed by atoms with van der Waals surface area (Å²) in [6, 6.07) is 68.6. The number of rotatable bonds is 7. The van der Waals surface area contributed by atoms with Gasteiger partial charge in [-0.15, -0.1) is 0 Å². The number of hydrogen-bond donors (Lipinski definition) is 0. The van der Waals surface area contributed by atoms with Gasteiger partial charge in [0.25, 0.3) is 6.71 Å². The molecule has 0 saturated carbocycles. The average molecular weight is 1010 g/mol. The van der Waals surface area contributed by atoms with Crippen molar-refractivity contribution in [2.45, 2.75) is 99.3 Å². The molecule has 0 aliphatic carbocycles. The normalized spacial score (nSPS) is 13.7. The van der Waals surface area contributed by atoms with E-state index in [1.54, 1.807) is 0 Å². The number of para-hydroxylation sites is 2. The summed E-state index contributed by atoms with van der Waals surface area (Å²) in [5.41, 5.74) is 26.1. The van der Waals surface area contributed by atoms with E-state index in [-0.39, 0.29) is 23.0 Å². The van der Waals surface area contributed by atoms with Crippen molar-refractivity contribution in [2.75, 3.05) is 27.9 Å². The molecule has 0 atom stereocenters. The van der Waals surface area contributed by atoms with E-state index in [0.29, 0.717) is 13.2 Å². The minimum atomic E-state index is -0.142. The molecule has 6 heteroatoms. The first-order chi connectivity index (χ1) is 36.8. The molecule has 0 unspecified atom stereocenters. The second kappa shape index (κ2) is 18.7. The van der Waals surface area contributed by atoms with Crippen molar-refractivity contribution in [3.8, 4) is 33.8 Å². The number of benzene rings is 9. The Balaban J connectivity index is 1.17. The molecule has 0 aromatic heterocycles. The smallest absolute Gasteiger partial charge is 0.252 e. The van der Waals surface area contributed by atoms with E-state index < -0.39 is 0 Å². The number of aryl methyl sites for hydroxylation is 3. The summed E-state index contributed by atoms with van der Waals surface area (Å²) in [5, 5.41) is 0. The number of fused-ring (bicyclic) bond motifs is 5. The van der Waals surface area contributed by atoms with Gasteiger partial charge in [-0.2, -0.15) is 0 Å². The van der Waals surface area contributed by atoms with E-state index in [9.17, 15) is 0 Å². The Bertz CT molecular complexity index is 3590. The van der Waals surface area contributed by atoms with Crippen molar-refractivity contribution in [1.29, 1.82) is 0 Å². The van der Waals surface area contributed by atoms with Crippen molar-refractivity contribution in [2.24, 2.45) is 0 Å². The van der Waals surface area contributed by atoms with Crippen LogP contribution in [0.25, 0.3) is 22.3 Å². The highest BCUT2D eigenvalue weighted by Gasteiger charge is 2.45. The molecule has 12 rings (SSSR count). The van der Waals surface area contributed by atoms with E-state index in [1.165, 1.54) is 72.3 Å². The van der Waals surface area contributed by atoms with E-state index in [1.807, 2.05) is 0 Å². The predicted molar refractivity (Wildman–Crippen MR) is 327 cm³/mol. The van der Waals surface area contributed by atoms with Gasteiger partial charge in [0.15, 0.2) is 11.5 Å². The number of hydrogen-bond acceptors (Lipinski definition) is 5. The van der Waals surface area contributed by atoms with Gasteiger partial charge in [0.05, 0.1) is 5.69 Å². The SMILES string of the molecule is Cc1cc2c3c(c1)N(c1c(C)cc(C(C)(C)C)cc1C)c1cc4c(cc1B3c1ccc(N(c3ccccc3)c3ccccc3)cc1N2c1cc(-c2ccc(C(C)(C)C)cc2)cc(-c2ccc(C(C)(C)C)cc2)c1)OCCO4. The molecule has 384 valence electrons. The maximum atomic E-state index is 6.51. The largest absolute Gasteiger partial charge is 0.486 e. The van der Waals surface area contributed by atoms with E-state index in [4.69, 9.17) is 9.47 Å². The molecular formula is C71H70BN3O2. The van der Waals surface area contributed by atoms with Gasteiger partial charge < -0.3 is 24.2 Å². The van der Waals surface area contributed by atoms with Gasteiger partial charge in [0.1, 0.15) is 13.2 Å². The van der Waals surface area contributed by atoms with Crippen LogP contribution >= 0.6 is 0 Å². The van der Waals surface area contributed by atoms with Gasteiger partial charge in [-0.1, -0.05) is 165 Å². The van der Waals surface area contributed by atoms with Crippen molar-refractivity contribution >= 4 is 74.3 Å². The Morgan fingerprint density at radius 1 is 0.403 bits per heavy atom. The van der Waals surface area contributed by atoms with Crippen molar-refractivity contribution in [1.82, 2.24) is 0 Å². The first-order valence-corrected chi connectivity index (χ1v) is 27.5. The number of anilines is 9. The fourth-order valence-corrected chi connectivity index (χ4v) is 12.1. The second-order valence-corrected chi connectivity index (χ2v) is 24.8. The van der Waals surface area contributed by atoms with Crippen LogP contribution in [0.3, 0.4) is 0 Å². The predicted octanol–water partition coefficient (Wildman–Crippen LogP) is 17.2. The Morgan fingerprint density at radius 2 is 0.883 bits per heavy atom. The molecule has 5 nitrogen and oxygen atoms in total. The maximum Gasteiger partial charge on any atom is 0.252 e. The van der Waals surface area contributed by atoms with Crippen LogP contribution in [0, 0.1) is 20.8 Å². The minimum absolute atomic E-state index is 0.0119. The third kappa shape index (κ3) is 8.96. The monoisotopic (exact) mass is 1010 g/mol. The highest BCUT2D eigenvalue weighted by Crippen LogP contribution is 2.51. The average Bonchev–Trinajstić information content (AvgIpc) is 3.60. The lowest BCUT2D eigenvalue weighted by Crippen LogP contribution is -2.61. The Kier molecular flexibility index (Phi) is 12.1. The van der Waals surface area contributed by atoms with Crippen LogP contribution in [0.15, 0.2) is 182 Å². The van der Waals surface area contributed by atoms with Gasteiger partial charge >= 0.3 is 0 Å². The van der Waals surface area contributed by atoms with Gasteiger partial charge in [0.2, 0.25) is 0 Å². The quantitative estimate of drug-likeness (QED) is 0.148. The first kappa shape index (κ1) is 49.9. The van der Waals surface area contributed by atoms with Crippen LogP contribution in [0.4, 0.5) is 51.2 Å². The number of ether oxygens (including phenoxy) is 2. The molecule has 77 heavy (non-hydrogen) atoms. The second-order valence-electron chi connectivity index (χ2n) is 24.8. The zero-order valence-corrected chi connectivity index (χ0v) is 47.0. The summed E-state index contributed by atoms with van der Waals surface area (Å²) in [6.07, 6.45) is 0. The van der Waals surface area contributed by atoms with Crippen LogP contribution in [0.2, 0.25) is 0 Å². The first-order valence-electron chi connectivity index (χ1n) is 27.5. The molecular weight excluding hydrogens is 938 g/mol. The summed E-state index contributed by atoms with van der Waals surface area (Å²) < 4.78 is 13.0. The highest BCUT2D eigenvalue weighted by molar-refractivity contribution is 7.00. The minimum Gasteiger partial charge on any atom is -0.486 e. The van der Waals surface area contributed by atoms with Crippen LogP contribution < -0.4 is 40.6 Å². The molecule has 0 spiro atoms. The third-order valence-corrected chi connectivity index (χ3v) is 16.1. The lowest BCUT2D eigenvalue weighted by Gasteiger charge is -2.45. The van der Waals surface area contributed by atoms with E-state index in [2.05, 4.69) is 280 Å². The van der Waals surface area contributed by atoms with Gasteiger partial charge in [-0.25, -0.2) is 0 Å². The lowest BCUT2D eigenvalue weighted by molar-refractivity contribution is 0.172. The molecule has 0 saturated heterocycles. The van der Waals surface area contributed by atoms with Crippen molar-refractivity contribution < 1.29 is 9.47 Å². The Hall–Kier alpha value is -7.96. The molecule has 0 bridgehead atoms. The summed E-state index contributed by atoms with van der Waals surface area (Å²) in [4.78, 5) is 7.52. The maximum absolute atomic E-state index is 6.51.